The van der Waals surface area contributed by atoms with Crippen molar-refractivity contribution in [1.82, 2.24) is 10.6 Å². The van der Waals surface area contributed by atoms with Crippen molar-refractivity contribution in [1.29, 1.82) is 0 Å². The maximum absolute atomic E-state index is 11.9. The Bertz CT molecular complexity index is 555. The van der Waals surface area contributed by atoms with Crippen molar-refractivity contribution in [2.45, 2.75) is 114 Å². The van der Waals surface area contributed by atoms with Gasteiger partial charge in [-0.15, -0.1) is 11.8 Å². The normalized spacial score (nSPS) is 24.7. The van der Waals surface area contributed by atoms with Crippen LogP contribution in [-0.4, -0.2) is 82.4 Å². The van der Waals surface area contributed by atoms with E-state index in [1.807, 2.05) is 0 Å². The largest absolute Gasteiger partial charge is 0.394 e. The third-order valence-corrected chi connectivity index (χ3v) is 7.29. The summed E-state index contributed by atoms with van der Waals surface area (Å²) in [4.78, 5) is 23.6. The number of carbonyl (C=O) groups is 2. The van der Waals surface area contributed by atoms with Gasteiger partial charge >= 0.3 is 0 Å². The number of ether oxygens (including phenoxy) is 1. The molecule has 1 saturated heterocycles. The van der Waals surface area contributed by atoms with Gasteiger partial charge in [-0.05, 0) is 37.9 Å². The molecule has 0 aromatic rings. The van der Waals surface area contributed by atoms with Crippen LogP contribution in [0.15, 0.2) is 0 Å². The number of nitrogens with two attached hydrogens (primary N) is 1. The maximum atomic E-state index is 11.9. The highest BCUT2D eigenvalue weighted by molar-refractivity contribution is 7.99. The lowest BCUT2D eigenvalue weighted by Gasteiger charge is -2.40. The molecule has 1 fully saturated rings. The van der Waals surface area contributed by atoms with Gasteiger partial charge in [0.25, 0.3) is 0 Å². The lowest BCUT2D eigenvalue weighted by molar-refractivity contribution is -0.165. The standard InChI is InChI=1S/C24H47N3O6S/c1-2-3-4-7-12-19(29)26-14-9-5-8-13-20(30)27-15-10-6-11-16-34-24-21(25)23(32)22(31)18(17-28)33-24/h18,21-24,28,31-32H,2-17,25H2,1H3,(H,26,29)(H,27,30)/t18?,21?,22-,23+,24-/m0/s1. The molecule has 1 rings (SSSR count). The van der Waals surface area contributed by atoms with E-state index < -0.39 is 29.8 Å². The van der Waals surface area contributed by atoms with Gasteiger partial charge in [-0.3, -0.25) is 9.59 Å². The molecule has 1 aliphatic rings. The number of aliphatic hydroxyl groups excluding tert-OH is 3. The van der Waals surface area contributed by atoms with Crippen LogP contribution >= 0.6 is 11.8 Å². The predicted octanol–water partition coefficient (Wildman–Crippen LogP) is 1.42. The first-order valence-corrected chi connectivity index (χ1v) is 14.0. The smallest absolute Gasteiger partial charge is 0.219 e. The third kappa shape index (κ3) is 13.3. The van der Waals surface area contributed by atoms with Gasteiger partial charge in [0, 0.05) is 25.9 Å². The van der Waals surface area contributed by atoms with Gasteiger partial charge in [0.1, 0.15) is 23.7 Å². The molecule has 5 atom stereocenters. The number of aliphatic hydroxyl groups is 3. The molecular weight excluding hydrogens is 458 g/mol. The fourth-order valence-corrected chi connectivity index (χ4v) is 5.00. The predicted molar refractivity (Wildman–Crippen MR) is 135 cm³/mol. The van der Waals surface area contributed by atoms with Gasteiger partial charge in [0.2, 0.25) is 11.8 Å². The SMILES string of the molecule is CCCCCCC(=O)NCCCCCC(=O)NCCCCCS[C@@H]1OC(CO)[C@H](O)[C@H](O)C1N. The molecule has 200 valence electrons. The van der Waals surface area contributed by atoms with Crippen LogP contribution in [0.1, 0.15) is 84.0 Å². The minimum Gasteiger partial charge on any atom is -0.394 e. The highest BCUT2D eigenvalue weighted by Crippen LogP contribution is 2.28. The van der Waals surface area contributed by atoms with Crippen LogP contribution in [-0.2, 0) is 14.3 Å². The molecule has 0 spiro atoms. The van der Waals surface area contributed by atoms with E-state index in [4.69, 9.17) is 10.5 Å². The van der Waals surface area contributed by atoms with Gasteiger partial charge in [0.05, 0.1) is 12.6 Å². The minimum absolute atomic E-state index is 0.0681. The van der Waals surface area contributed by atoms with Crippen molar-refractivity contribution >= 4 is 23.6 Å². The Morgan fingerprint density at radius 2 is 1.41 bits per heavy atom. The van der Waals surface area contributed by atoms with Gasteiger partial charge in [-0.25, -0.2) is 0 Å². The lowest BCUT2D eigenvalue weighted by Crippen LogP contribution is -2.60. The van der Waals surface area contributed by atoms with Crippen molar-refractivity contribution in [2.24, 2.45) is 5.73 Å². The zero-order chi connectivity index (χ0) is 25.2. The molecule has 0 radical (unpaired) electrons. The molecule has 0 aromatic heterocycles. The summed E-state index contributed by atoms with van der Waals surface area (Å²) in [6.45, 7) is 3.12. The number of hydrogen-bond acceptors (Lipinski definition) is 8. The molecule has 2 unspecified atom stereocenters. The number of hydrogen-bond donors (Lipinski definition) is 6. The van der Waals surface area contributed by atoms with Crippen molar-refractivity contribution in [3.05, 3.63) is 0 Å². The molecule has 9 nitrogen and oxygen atoms in total. The van der Waals surface area contributed by atoms with E-state index in [1.165, 1.54) is 24.6 Å². The van der Waals surface area contributed by atoms with Crippen LogP contribution in [0.2, 0.25) is 0 Å². The van der Waals surface area contributed by atoms with Crippen LogP contribution in [0.5, 0.6) is 0 Å². The van der Waals surface area contributed by atoms with Crippen molar-refractivity contribution in [3.8, 4) is 0 Å². The Balaban J connectivity index is 1.94. The number of thioether (sulfide) groups is 1. The number of carbonyl (C=O) groups excluding carboxylic acids is 2. The average molecular weight is 506 g/mol. The lowest BCUT2D eigenvalue weighted by atomic mass is 9.99. The number of amides is 2. The van der Waals surface area contributed by atoms with E-state index in [2.05, 4.69) is 17.6 Å². The molecule has 34 heavy (non-hydrogen) atoms. The maximum Gasteiger partial charge on any atom is 0.219 e. The summed E-state index contributed by atoms with van der Waals surface area (Å²) in [7, 11) is 0. The monoisotopic (exact) mass is 505 g/mol. The third-order valence-electron chi connectivity index (χ3n) is 6.01. The van der Waals surface area contributed by atoms with Gasteiger partial charge < -0.3 is 36.4 Å². The van der Waals surface area contributed by atoms with E-state index in [9.17, 15) is 24.9 Å². The Morgan fingerprint density at radius 1 is 0.853 bits per heavy atom. The molecule has 1 aliphatic heterocycles. The Hall–Kier alpha value is -0.910. The fraction of sp³-hybridized carbons (Fsp3) is 0.917. The topological polar surface area (TPSA) is 154 Å². The number of unbranched alkanes of at least 4 members (excludes halogenated alkanes) is 7. The zero-order valence-corrected chi connectivity index (χ0v) is 21.6. The quantitative estimate of drug-likeness (QED) is 0.144. The first kappa shape index (κ1) is 31.1. The van der Waals surface area contributed by atoms with Gasteiger partial charge in [-0.1, -0.05) is 39.0 Å². The Kier molecular flexibility index (Phi) is 17.7. The van der Waals surface area contributed by atoms with Crippen LogP contribution in [0.25, 0.3) is 0 Å². The second-order valence-corrected chi connectivity index (χ2v) is 10.2. The van der Waals surface area contributed by atoms with E-state index in [1.54, 1.807) is 0 Å². The molecule has 10 heteroatoms. The first-order valence-electron chi connectivity index (χ1n) is 12.9. The average Bonchev–Trinajstić information content (AvgIpc) is 2.83. The summed E-state index contributed by atoms with van der Waals surface area (Å²) in [6, 6.07) is -0.700. The van der Waals surface area contributed by atoms with E-state index in [-0.39, 0.29) is 18.4 Å². The Morgan fingerprint density at radius 3 is 1.97 bits per heavy atom. The second-order valence-electron chi connectivity index (χ2n) is 9.04. The first-order chi connectivity index (χ1) is 16.4. The fourth-order valence-electron chi connectivity index (χ4n) is 3.79. The molecule has 2 amide bonds. The van der Waals surface area contributed by atoms with E-state index >= 15 is 0 Å². The van der Waals surface area contributed by atoms with E-state index in [0.29, 0.717) is 25.9 Å². The number of rotatable bonds is 19. The van der Waals surface area contributed by atoms with Crippen molar-refractivity contribution in [3.63, 3.8) is 0 Å². The van der Waals surface area contributed by atoms with Crippen molar-refractivity contribution < 1.29 is 29.6 Å². The molecule has 7 N–H and O–H groups in total. The highest BCUT2D eigenvalue weighted by atomic mass is 32.2. The summed E-state index contributed by atoms with van der Waals surface area (Å²) in [6.07, 6.45) is 7.85. The molecular formula is C24H47N3O6S. The second kappa shape index (κ2) is 19.3. The molecule has 0 aromatic carbocycles. The van der Waals surface area contributed by atoms with Crippen LogP contribution < -0.4 is 16.4 Å². The Labute approximate surface area is 209 Å². The van der Waals surface area contributed by atoms with Crippen LogP contribution in [0, 0.1) is 0 Å². The number of nitrogens with one attached hydrogen (secondary N) is 2. The van der Waals surface area contributed by atoms with Crippen LogP contribution in [0.3, 0.4) is 0 Å². The summed E-state index contributed by atoms with van der Waals surface area (Å²) in [5.41, 5.74) is 5.47. The summed E-state index contributed by atoms with van der Waals surface area (Å²) < 4.78 is 5.59. The van der Waals surface area contributed by atoms with Gasteiger partial charge in [-0.2, -0.15) is 0 Å². The minimum atomic E-state index is -1.17. The molecule has 0 bridgehead atoms. The summed E-state index contributed by atoms with van der Waals surface area (Å²) in [5.74, 6) is 0.980. The van der Waals surface area contributed by atoms with Gasteiger partial charge in [0.15, 0.2) is 0 Å². The highest BCUT2D eigenvalue weighted by Gasteiger charge is 2.42. The van der Waals surface area contributed by atoms with E-state index in [0.717, 1.165) is 57.1 Å². The molecule has 1 heterocycles. The molecule has 0 aliphatic carbocycles. The summed E-state index contributed by atoms with van der Waals surface area (Å²) in [5, 5.41) is 34.9. The zero-order valence-electron chi connectivity index (χ0n) is 20.8. The molecule has 0 saturated carbocycles. The van der Waals surface area contributed by atoms with Crippen molar-refractivity contribution in [2.75, 3.05) is 25.4 Å². The van der Waals surface area contributed by atoms with Crippen LogP contribution in [0.4, 0.5) is 0 Å². The summed E-state index contributed by atoms with van der Waals surface area (Å²) >= 11 is 1.48.